The third kappa shape index (κ3) is 8.38. The number of anilines is 5. The fourth-order valence-corrected chi connectivity index (χ4v) is 9.27. The van der Waals surface area contributed by atoms with Crippen LogP contribution in [0.15, 0.2) is 91.0 Å². The molecule has 0 radical (unpaired) electrons. The number of nitrogens with zero attached hydrogens (tertiary/aromatic N) is 2. The molecule has 15 heteroatoms. The third-order valence-corrected chi connectivity index (χ3v) is 12.4. The highest BCUT2D eigenvalue weighted by Gasteiger charge is 2.43. The number of nitrogens with one attached hydrogen (secondary N) is 3. The number of methoxy groups -OCH3 is 2. The van der Waals surface area contributed by atoms with E-state index in [9.17, 15) is 24.6 Å². The SMILES string of the molecule is COc1cc2c(cc1OCc1cc(COc3cc4c(cc3OC)C(=O)N3c5ccccc5C[C@H]3C(O)N4)cc(NC(=O)CCCC(C)(C)S)c1)NC(O)[C@@H]1Cc3ccccc3N1C2=O. The Balaban J connectivity index is 0.975. The maximum Gasteiger partial charge on any atom is 0.260 e. The summed E-state index contributed by atoms with van der Waals surface area (Å²) in [5, 5.41) is 31.9. The van der Waals surface area contributed by atoms with Crippen LogP contribution in [0.1, 0.15) is 76.1 Å². The Labute approximate surface area is 376 Å². The molecular formula is C49H51N5O9S. The highest BCUT2D eigenvalue weighted by atomic mass is 32.1. The zero-order valence-corrected chi connectivity index (χ0v) is 36.9. The molecule has 5 N–H and O–H groups in total. The summed E-state index contributed by atoms with van der Waals surface area (Å²) in [6.07, 6.45) is 0.635. The Hall–Kier alpha value is -6.42. The molecule has 0 saturated carbocycles. The molecule has 4 heterocycles. The number of benzene rings is 5. The van der Waals surface area contributed by atoms with Crippen molar-refractivity contribution in [2.75, 3.05) is 40.0 Å². The van der Waals surface area contributed by atoms with Crippen molar-refractivity contribution >= 4 is 58.8 Å². The smallest absolute Gasteiger partial charge is 0.260 e. The highest BCUT2D eigenvalue weighted by Crippen LogP contribution is 2.44. The van der Waals surface area contributed by atoms with Gasteiger partial charge in [0.1, 0.15) is 25.7 Å². The molecule has 0 aromatic heterocycles. The van der Waals surface area contributed by atoms with E-state index >= 15 is 0 Å². The Morgan fingerprint density at radius 1 is 0.719 bits per heavy atom. The van der Waals surface area contributed by atoms with E-state index in [1.807, 2.05) is 80.6 Å². The van der Waals surface area contributed by atoms with Gasteiger partial charge in [-0.05, 0) is 90.4 Å². The molecule has 0 aliphatic carbocycles. The van der Waals surface area contributed by atoms with Crippen molar-refractivity contribution in [2.45, 2.75) is 88.5 Å². The topological polar surface area (TPSA) is 171 Å². The highest BCUT2D eigenvalue weighted by molar-refractivity contribution is 7.81. The van der Waals surface area contributed by atoms with Crippen LogP contribution in [0.25, 0.3) is 0 Å². The monoisotopic (exact) mass is 885 g/mol. The minimum Gasteiger partial charge on any atom is -0.493 e. The largest absolute Gasteiger partial charge is 0.493 e. The van der Waals surface area contributed by atoms with Crippen LogP contribution < -0.4 is 44.7 Å². The summed E-state index contributed by atoms with van der Waals surface area (Å²) in [4.78, 5) is 44.6. The maximum absolute atomic E-state index is 14.1. The van der Waals surface area contributed by atoms with Crippen LogP contribution in [0.5, 0.6) is 23.0 Å². The van der Waals surface area contributed by atoms with Crippen LogP contribution >= 0.6 is 12.6 Å². The van der Waals surface area contributed by atoms with E-state index in [2.05, 4.69) is 28.6 Å². The molecule has 332 valence electrons. The molecule has 4 aliphatic heterocycles. The van der Waals surface area contributed by atoms with Gasteiger partial charge in [0.15, 0.2) is 23.0 Å². The number of para-hydroxylation sites is 2. The standard InChI is InChI=1S/C49H51N5O9S/c1-49(2,64)15-9-14-44(55)50-31-17-27(25-62-42-23-34-32(21-40(42)60-3)47(58)53-36-12-7-5-10-29(36)19-38(53)45(56)51-34)16-28(18-31)26-63-43-24-35-33(22-41(43)61-4)48(59)54-37-13-8-6-11-30(37)20-39(54)46(57)52-35/h5-8,10-13,16-18,21-24,38-39,45-46,51-52,56-57,64H,9,14-15,19-20,25-26H2,1-4H3,(H,50,55)/t38-,39-,45?,46?/m0/s1. The zero-order chi connectivity index (χ0) is 44.9. The van der Waals surface area contributed by atoms with Crippen LogP contribution in [-0.2, 0) is 30.8 Å². The summed E-state index contributed by atoms with van der Waals surface area (Å²) in [7, 11) is 3.00. The van der Waals surface area contributed by atoms with Gasteiger partial charge in [-0.3, -0.25) is 14.4 Å². The Bertz CT molecular complexity index is 2490. The Morgan fingerprint density at radius 3 is 1.64 bits per heavy atom. The van der Waals surface area contributed by atoms with E-state index in [-0.39, 0.29) is 35.7 Å². The predicted octanol–water partition coefficient (Wildman–Crippen LogP) is 7.31. The first-order valence-corrected chi connectivity index (χ1v) is 21.8. The lowest BCUT2D eigenvalue weighted by atomic mass is 10.1. The van der Waals surface area contributed by atoms with Gasteiger partial charge in [0.05, 0.1) is 48.8 Å². The summed E-state index contributed by atoms with van der Waals surface area (Å²) in [6.45, 7) is 4.09. The number of ether oxygens (including phenoxy) is 4. The van der Waals surface area contributed by atoms with Crippen molar-refractivity contribution in [2.24, 2.45) is 0 Å². The van der Waals surface area contributed by atoms with Crippen molar-refractivity contribution in [3.05, 3.63) is 124 Å². The van der Waals surface area contributed by atoms with E-state index < -0.39 is 24.5 Å². The van der Waals surface area contributed by atoms with Gasteiger partial charge in [0.25, 0.3) is 11.8 Å². The van der Waals surface area contributed by atoms with Crippen molar-refractivity contribution in [3.63, 3.8) is 0 Å². The van der Waals surface area contributed by atoms with Crippen LogP contribution in [0.4, 0.5) is 28.4 Å². The lowest BCUT2D eigenvalue weighted by molar-refractivity contribution is -0.116. The van der Waals surface area contributed by atoms with Crippen molar-refractivity contribution < 1.29 is 43.5 Å². The lowest BCUT2D eigenvalue weighted by Gasteiger charge is -2.26. The molecule has 2 unspecified atom stereocenters. The third-order valence-electron chi connectivity index (χ3n) is 12.2. The number of hydrogen-bond acceptors (Lipinski definition) is 12. The molecule has 9 rings (SSSR count). The second-order valence-corrected chi connectivity index (χ2v) is 18.5. The normalized spacial score (nSPS) is 19.4. The number of amides is 3. The Morgan fingerprint density at radius 2 is 1.19 bits per heavy atom. The predicted molar refractivity (Wildman–Crippen MR) is 247 cm³/mol. The number of aliphatic hydroxyl groups excluding tert-OH is 2. The summed E-state index contributed by atoms with van der Waals surface area (Å²) in [5.74, 6) is 0.637. The minimum atomic E-state index is -1.05. The fourth-order valence-electron chi connectivity index (χ4n) is 9.11. The van der Waals surface area contributed by atoms with Crippen molar-refractivity contribution in [3.8, 4) is 23.0 Å². The number of hydrogen-bond donors (Lipinski definition) is 6. The first-order valence-electron chi connectivity index (χ1n) is 21.4. The van der Waals surface area contributed by atoms with Crippen molar-refractivity contribution in [1.29, 1.82) is 0 Å². The van der Waals surface area contributed by atoms with Gasteiger partial charge >= 0.3 is 0 Å². The van der Waals surface area contributed by atoms with Gasteiger partial charge < -0.3 is 54.9 Å². The molecular weight excluding hydrogens is 835 g/mol. The number of rotatable bonds is 13. The number of fused-ring (bicyclic) bond motifs is 8. The second kappa shape index (κ2) is 17.3. The van der Waals surface area contributed by atoms with E-state index in [1.54, 1.807) is 34.1 Å². The molecule has 4 atom stereocenters. The van der Waals surface area contributed by atoms with Crippen LogP contribution in [0, 0.1) is 0 Å². The van der Waals surface area contributed by atoms with Gasteiger partial charge in [0.2, 0.25) is 5.91 Å². The second-order valence-electron chi connectivity index (χ2n) is 17.3. The average Bonchev–Trinajstić information content (AvgIpc) is 3.81. The van der Waals surface area contributed by atoms with Crippen LogP contribution in [0.3, 0.4) is 0 Å². The molecule has 0 spiro atoms. The molecule has 5 aromatic rings. The molecule has 14 nitrogen and oxygen atoms in total. The van der Waals surface area contributed by atoms with Gasteiger partial charge in [0, 0.05) is 40.4 Å². The molecule has 0 fully saturated rings. The quantitative estimate of drug-likeness (QED) is 0.0656. The summed E-state index contributed by atoms with van der Waals surface area (Å²) < 4.78 is 24.0. The first kappa shape index (κ1) is 42.9. The van der Waals surface area contributed by atoms with Gasteiger partial charge in [-0.15, -0.1) is 0 Å². The summed E-state index contributed by atoms with van der Waals surface area (Å²) in [6, 6.07) is 26.4. The number of carbonyl (C=O) groups excluding carboxylic acids is 3. The van der Waals surface area contributed by atoms with E-state index in [1.165, 1.54) is 14.2 Å². The fraction of sp³-hybridized carbons (Fsp3) is 0.327. The number of carbonyl (C=O) groups is 3. The van der Waals surface area contributed by atoms with Gasteiger partial charge in [-0.2, -0.15) is 12.6 Å². The molecule has 4 aliphatic rings. The molecule has 0 saturated heterocycles. The zero-order valence-electron chi connectivity index (χ0n) is 36.0. The molecule has 0 bridgehead atoms. The maximum atomic E-state index is 14.1. The van der Waals surface area contributed by atoms with Crippen LogP contribution in [-0.4, -0.2) is 71.4 Å². The lowest BCUT2D eigenvalue weighted by Crippen LogP contribution is -2.45. The Kier molecular flexibility index (Phi) is 11.6. The van der Waals surface area contributed by atoms with E-state index in [0.29, 0.717) is 88.0 Å². The molecule has 5 aromatic carbocycles. The van der Waals surface area contributed by atoms with Crippen LogP contribution in [0.2, 0.25) is 0 Å². The number of thiol groups is 1. The van der Waals surface area contributed by atoms with E-state index in [0.717, 1.165) is 28.9 Å². The summed E-state index contributed by atoms with van der Waals surface area (Å²) >= 11 is 4.60. The van der Waals surface area contributed by atoms with Gasteiger partial charge in [-0.1, -0.05) is 50.2 Å². The van der Waals surface area contributed by atoms with Gasteiger partial charge in [-0.25, -0.2) is 0 Å². The summed E-state index contributed by atoms with van der Waals surface area (Å²) in [5.41, 5.74) is 6.89. The average molecular weight is 886 g/mol. The number of aliphatic hydroxyl groups is 2. The first-order chi connectivity index (χ1) is 30.8. The molecule has 64 heavy (non-hydrogen) atoms. The minimum absolute atomic E-state index is 0.0329. The van der Waals surface area contributed by atoms with E-state index in [4.69, 9.17) is 18.9 Å². The van der Waals surface area contributed by atoms with Crippen molar-refractivity contribution in [1.82, 2.24) is 0 Å². The molecule has 3 amide bonds.